The Kier molecular flexibility index (Phi) is 4.38. The highest BCUT2D eigenvalue weighted by Crippen LogP contribution is 2.26. The number of piperazine rings is 1. The quantitative estimate of drug-likeness (QED) is 0.797. The minimum Gasteiger partial charge on any atom is -0.354 e. The van der Waals surface area contributed by atoms with Crippen molar-refractivity contribution < 1.29 is 0 Å². The van der Waals surface area contributed by atoms with Gasteiger partial charge in [0.1, 0.15) is 5.82 Å². The highest BCUT2D eigenvalue weighted by molar-refractivity contribution is 9.08. The summed E-state index contributed by atoms with van der Waals surface area (Å²) in [5, 5.41) is 0.888. The molecule has 19 heavy (non-hydrogen) atoms. The van der Waals surface area contributed by atoms with Gasteiger partial charge in [0, 0.05) is 49.3 Å². The number of hydrogen-bond donors (Lipinski definition) is 0. The van der Waals surface area contributed by atoms with Gasteiger partial charge in [-0.15, -0.1) is 0 Å². The molecule has 0 amide bonds. The van der Waals surface area contributed by atoms with Crippen LogP contribution in [0.3, 0.4) is 0 Å². The molecule has 0 aromatic carbocycles. The van der Waals surface area contributed by atoms with E-state index in [9.17, 15) is 0 Å². The molecule has 104 valence electrons. The molecular formula is C15H22BrN3. The summed E-state index contributed by atoms with van der Waals surface area (Å²) in [6, 6.07) is 5.05. The first kappa shape index (κ1) is 13.4. The number of alkyl halides is 1. The van der Waals surface area contributed by atoms with Gasteiger partial charge in [0.25, 0.3) is 0 Å². The third-order valence-electron chi connectivity index (χ3n) is 4.47. The Morgan fingerprint density at radius 2 is 1.89 bits per heavy atom. The van der Waals surface area contributed by atoms with Crippen LogP contribution in [0.1, 0.15) is 31.2 Å². The second-order valence-electron chi connectivity index (χ2n) is 5.58. The second-order valence-corrected chi connectivity index (χ2v) is 6.14. The molecule has 3 rings (SSSR count). The molecule has 1 aliphatic carbocycles. The van der Waals surface area contributed by atoms with Gasteiger partial charge in [0.2, 0.25) is 0 Å². The van der Waals surface area contributed by atoms with Crippen molar-refractivity contribution in [2.45, 2.75) is 37.1 Å². The zero-order valence-electron chi connectivity index (χ0n) is 11.4. The maximum atomic E-state index is 4.57. The Labute approximate surface area is 124 Å². The largest absolute Gasteiger partial charge is 0.354 e. The highest BCUT2D eigenvalue weighted by Gasteiger charge is 2.26. The zero-order chi connectivity index (χ0) is 13.1. The Morgan fingerprint density at radius 1 is 1.16 bits per heavy atom. The fourth-order valence-corrected chi connectivity index (χ4v) is 3.83. The van der Waals surface area contributed by atoms with Crippen molar-refractivity contribution in [3.8, 4) is 0 Å². The van der Waals surface area contributed by atoms with Gasteiger partial charge in [-0.2, -0.15) is 0 Å². The molecule has 1 aliphatic heterocycles. The summed E-state index contributed by atoms with van der Waals surface area (Å²) in [4.78, 5) is 9.71. The molecule has 2 fully saturated rings. The first-order chi connectivity index (χ1) is 9.38. The van der Waals surface area contributed by atoms with Crippen LogP contribution in [0.15, 0.2) is 18.3 Å². The van der Waals surface area contributed by atoms with Gasteiger partial charge >= 0.3 is 0 Å². The van der Waals surface area contributed by atoms with E-state index in [0.29, 0.717) is 0 Å². The Bertz CT molecular complexity index is 410. The van der Waals surface area contributed by atoms with E-state index >= 15 is 0 Å². The van der Waals surface area contributed by atoms with E-state index < -0.39 is 0 Å². The summed E-state index contributed by atoms with van der Waals surface area (Å²) < 4.78 is 0. The Balaban J connectivity index is 1.63. The zero-order valence-corrected chi connectivity index (χ0v) is 13.0. The van der Waals surface area contributed by atoms with Crippen LogP contribution in [-0.4, -0.2) is 42.1 Å². The predicted octanol–water partition coefficient (Wildman–Crippen LogP) is 3.04. The van der Waals surface area contributed by atoms with Crippen LogP contribution in [0.2, 0.25) is 0 Å². The molecule has 4 heteroatoms. The van der Waals surface area contributed by atoms with Crippen LogP contribution in [0.5, 0.6) is 0 Å². The van der Waals surface area contributed by atoms with Crippen molar-refractivity contribution in [1.82, 2.24) is 9.88 Å². The van der Waals surface area contributed by atoms with E-state index in [1.54, 1.807) is 0 Å². The highest BCUT2D eigenvalue weighted by atomic mass is 79.9. The average molecular weight is 324 g/mol. The van der Waals surface area contributed by atoms with Gasteiger partial charge in [-0.25, -0.2) is 4.98 Å². The third kappa shape index (κ3) is 2.95. The van der Waals surface area contributed by atoms with E-state index in [4.69, 9.17) is 0 Å². The third-order valence-corrected chi connectivity index (χ3v) is 5.07. The van der Waals surface area contributed by atoms with Gasteiger partial charge in [-0.1, -0.05) is 34.8 Å². The standard InChI is InChI=1S/C15H22BrN3/c16-12-13-4-3-7-17-15(13)19-10-8-18(9-11-19)14-5-1-2-6-14/h3-4,7,14H,1-2,5-6,8-12H2. The number of pyridine rings is 1. The van der Waals surface area contributed by atoms with Gasteiger partial charge in [0.05, 0.1) is 0 Å². The molecule has 1 saturated heterocycles. The van der Waals surface area contributed by atoms with E-state index in [1.807, 2.05) is 12.3 Å². The van der Waals surface area contributed by atoms with Crippen molar-refractivity contribution in [3.63, 3.8) is 0 Å². The molecule has 0 bridgehead atoms. The maximum absolute atomic E-state index is 4.57. The lowest BCUT2D eigenvalue weighted by Gasteiger charge is -2.39. The number of nitrogens with zero attached hydrogens (tertiary/aromatic N) is 3. The lowest BCUT2D eigenvalue weighted by molar-refractivity contribution is 0.187. The number of rotatable bonds is 3. The van der Waals surface area contributed by atoms with Crippen LogP contribution in [0.25, 0.3) is 0 Å². The summed E-state index contributed by atoms with van der Waals surface area (Å²) in [5.74, 6) is 1.17. The van der Waals surface area contributed by atoms with Crippen molar-refractivity contribution >= 4 is 21.7 Å². The topological polar surface area (TPSA) is 19.4 Å². The fourth-order valence-electron chi connectivity index (χ4n) is 3.39. The maximum Gasteiger partial charge on any atom is 0.132 e. The first-order valence-corrected chi connectivity index (χ1v) is 8.49. The van der Waals surface area contributed by atoms with Gasteiger partial charge in [-0.3, -0.25) is 4.90 Å². The molecule has 0 N–H and O–H groups in total. The van der Waals surface area contributed by atoms with Crippen LogP contribution < -0.4 is 4.90 Å². The van der Waals surface area contributed by atoms with E-state index in [2.05, 4.69) is 36.8 Å². The summed E-state index contributed by atoms with van der Waals surface area (Å²) in [6.07, 6.45) is 7.59. The van der Waals surface area contributed by atoms with Crippen LogP contribution in [0, 0.1) is 0 Å². The second kappa shape index (κ2) is 6.23. The van der Waals surface area contributed by atoms with Gasteiger partial charge < -0.3 is 4.90 Å². The molecule has 1 aromatic rings. The van der Waals surface area contributed by atoms with Gasteiger partial charge in [0.15, 0.2) is 0 Å². The number of hydrogen-bond acceptors (Lipinski definition) is 3. The Hall–Kier alpha value is -0.610. The molecule has 0 atom stereocenters. The molecular weight excluding hydrogens is 302 g/mol. The molecule has 2 aliphatic rings. The smallest absolute Gasteiger partial charge is 0.132 e. The molecule has 3 nitrogen and oxygen atoms in total. The molecule has 0 spiro atoms. The predicted molar refractivity (Wildman–Crippen MR) is 82.9 cm³/mol. The first-order valence-electron chi connectivity index (χ1n) is 7.37. The average Bonchev–Trinajstić information content (AvgIpc) is 3.02. The fraction of sp³-hybridized carbons (Fsp3) is 0.667. The summed E-state index contributed by atoms with van der Waals surface area (Å²) >= 11 is 3.56. The van der Waals surface area contributed by atoms with Crippen molar-refractivity contribution in [2.75, 3.05) is 31.1 Å². The molecule has 1 saturated carbocycles. The van der Waals surface area contributed by atoms with Crippen LogP contribution in [0.4, 0.5) is 5.82 Å². The lowest BCUT2D eigenvalue weighted by Crippen LogP contribution is -2.50. The molecule has 0 radical (unpaired) electrons. The molecule has 1 aromatic heterocycles. The number of halogens is 1. The Morgan fingerprint density at radius 3 is 2.58 bits per heavy atom. The van der Waals surface area contributed by atoms with Crippen molar-refractivity contribution in [1.29, 1.82) is 0 Å². The lowest BCUT2D eigenvalue weighted by atomic mass is 10.1. The van der Waals surface area contributed by atoms with Crippen molar-refractivity contribution in [2.24, 2.45) is 0 Å². The SMILES string of the molecule is BrCc1cccnc1N1CCN(C2CCCC2)CC1. The molecule has 0 unspecified atom stereocenters. The number of aromatic nitrogens is 1. The van der Waals surface area contributed by atoms with Crippen LogP contribution >= 0.6 is 15.9 Å². The van der Waals surface area contributed by atoms with E-state index in [-0.39, 0.29) is 0 Å². The normalized spacial score (nSPS) is 22.1. The summed E-state index contributed by atoms with van der Waals surface area (Å²) in [6.45, 7) is 4.63. The van der Waals surface area contributed by atoms with E-state index in [1.165, 1.54) is 50.2 Å². The summed E-state index contributed by atoms with van der Waals surface area (Å²) in [5.41, 5.74) is 1.30. The van der Waals surface area contributed by atoms with E-state index in [0.717, 1.165) is 24.5 Å². The minimum absolute atomic E-state index is 0.863. The number of anilines is 1. The van der Waals surface area contributed by atoms with Crippen LogP contribution in [-0.2, 0) is 5.33 Å². The monoisotopic (exact) mass is 323 g/mol. The van der Waals surface area contributed by atoms with Gasteiger partial charge in [-0.05, 0) is 18.9 Å². The minimum atomic E-state index is 0.863. The molecule has 2 heterocycles. The van der Waals surface area contributed by atoms with Crippen molar-refractivity contribution in [3.05, 3.63) is 23.9 Å². The summed E-state index contributed by atoms with van der Waals surface area (Å²) in [7, 11) is 0.